The molecule has 0 N–H and O–H groups in total. The third-order valence-corrected chi connectivity index (χ3v) is 7.40. The van der Waals surface area contributed by atoms with Crippen molar-refractivity contribution in [3.63, 3.8) is 0 Å². The standard InChI is InChI=1S/C20H19N5O2S2/c26-29(14-15-5-7-21-8-6-15)20-23-25-13-18(22-19(25)28-20)16-1-3-17(4-2-16)24-9-11-27-12-10-24/h1-8,13H,9-12,14H2. The summed E-state index contributed by atoms with van der Waals surface area (Å²) in [5, 5.41) is 4.48. The third kappa shape index (κ3) is 3.93. The molecule has 1 aliphatic rings. The number of anilines is 1. The molecular weight excluding hydrogens is 406 g/mol. The van der Waals surface area contributed by atoms with Gasteiger partial charge in [-0.15, -0.1) is 5.10 Å². The van der Waals surface area contributed by atoms with Crippen molar-refractivity contribution < 1.29 is 8.95 Å². The minimum Gasteiger partial charge on any atom is -0.378 e. The smallest absolute Gasteiger partial charge is 0.213 e. The molecular formula is C20H19N5O2S2. The lowest BCUT2D eigenvalue weighted by atomic mass is 10.1. The first-order valence-electron chi connectivity index (χ1n) is 9.33. The number of nitrogens with zero attached hydrogens (tertiary/aromatic N) is 5. The van der Waals surface area contributed by atoms with Gasteiger partial charge in [-0.1, -0.05) is 23.5 Å². The molecule has 5 rings (SSSR count). The summed E-state index contributed by atoms with van der Waals surface area (Å²) < 4.78 is 20.3. The molecule has 1 atom stereocenters. The van der Waals surface area contributed by atoms with Gasteiger partial charge in [0, 0.05) is 36.7 Å². The molecule has 4 heterocycles. The maximum absolute atomic E-state index is 12.6. The summed E-state index contributed by atoms with van der Waals surface area (Å²) in [6, 6.07) is 12.2. The van der Waals surface area contributed by atoms with Crippen molar-refractivity contribution >= 4 is 32.8 Å². The van der Waals surface area contributed by atoms with Crippen LogP contribution < -0.4 is 4.90 Å². The maximum Gasteiger partial charge on any atom is 0.213 e. The lowest BCUT2D eigenvalue weighted by Gasteiger charge is -2.28. The van der Waals surface area contributed by atoms with Crippen LogP contribution in [0.1, 0.15) is 5.56 Å². The van der Waals surface area contributed by atoms with Gasteiger partial charge in [0.1, 0.15) is 0 Å². The quantitative estimate of drug-likeness (QED) is 0.489. The molecule has 148 valence electrons. The third-order valence-electron chi connectivity index (χ3n) is 4.81. The largest absolute Gasteiger partial charge is 0.378 e. The predicted octanol–water partition coefficient (Wildman–Crippen LogP) is 3.00. The van der Waals surface area contributed by atoms with Gasteiger partial charge < -0.3 is 9.64 Å². The van der Waals surface area contributed by atoms with Gasteiger partial charge in [-0.25, -0.2) is 9.50 Å². The highest BCUT2D eigenvalue weighted by atomic mass is 32.2. The Labute approximate surface area is 174 Å². The van der Waals surface area contributed by atoms with Crippen LogP contribution in [0.4, 0.5) is 5.69 Å². The summed E-state index contributed by atoms with van der Waals surface area (Å²) in [5.74, 6) is 0.426. The van der Waals surface area contributed by atoms with Gasteiger partial charge in [0.05, 0.1) is 41.7 Å². The van der Waals surface area contributed by atoms with Gasteiger partial charge in [0.15, 0.2) is 0 Å². The van der Waals surface area contributed by atoms with Crippen molar-refractivity contribution in [2.75, 3.05) is 31.2 Å². The van der Waals surface area contributed by atoms with Gasteiger partial charge >= 0.3 is 0 Å². The Hall–Kier alpha value is -2.62. The number of ether oxygens (including phenoxy) is 1. The fourth-order valence-corrected chi connectivity index (χ4v) is 5.46. The first-order chi connectivity index (χ1) is 14.3. The molecule has 0 bridgehead atoms. The van der Waals surface area contributed by atoms with E-state index in [1.54, 1.807) is 16.9 Å². The molecule has 1 fully saturated rings. The molecule has 0 amide bonds. The lowest BCUT2D eigenvalue weighted by molar-refractivity contribution is 0.122. The molecule has 0 spiro atoms. The zero-order valence-electron chi connectivity index (χ0n) is 15.6. The Kier molecular flexibility index (Phi) is 5.09. The van der Waals surface area contributed by atoms with Crippen LogP contribution in [0.2, 0.25) is 0 Å². The average Bonchev–Trinajstić information content (AvgIpc) is 3.35. The van der Waals surface area contributed by atoms with Crippen molar-refractivity contribution in [3.8, 4) is 11.3 Å². The second kappa shape index (κ2) is 8.02. The van der Waals surface area contributed by atoms with E-state index in [2.05, 4.69) is 44.2 Å². The number of imidazole rings is 1. The van der Waals surface area contributed by atoms with E-state index in [1.165, 1.54) is 17.0 Å². The van der Waals surface area contributed by atoms with Crippen LogP contribution in [-0.4, -0.2) is 50.1 Å². The minimum atomic E-state index is -1.20. The van der Waals surface area contributed by atoms with Crippen LogP contribution in [-0.2, 0) is 21.3 Å². The van der Waals surface area contributed by atoms with Gasteiger partial charge in [-0.05, 0) is 29.8 Å². The van der Waals surface area contributed by atoms with Crippen LogP contribution in [0.25, 0.3) is 16.2 Å². The van der Waals surface area contributed by atoms with Crippen molar-refractivity contribution in [3.05, 3.63) is 60.6 Å². The van der Waals surface area contributed by atoms with Crippen molar-refractivity contribution in [1.29, 1.82) is 0 Å². The first-order valence-corrected chi connectivity index (χ1v) is 11.5. The van der Waals surface area contributed by atoms with Gasteiger partial charge in [-0.3, -0.25) is 9.19 Å². The van der Waals surface area contributed by atoms with E-state index in [4.69, 9.17) is 4.74 Å². The summed E-state index contributed by atoms with van der Waals surface area (Å²) in [6.45, 7) is 3.39. The summed E-state index contributed by atoms with van der Waals surface area (Å²) in [5.41, 5.74) is 4.08. The molecule has 1 aromatic carbocycles. The number of aromatic nitrogens is 4. The van der Waals surface area contributed by atoms with Crippen molar-refractivity contribution in [2.45, 2.75) is 10.1 Å². The van der Waals surface area contributed by atoms with Crippen LogP contribution in [0.5, 0.6) is 0 Å². The number of fused-ring (bicyclic) bond motifs is 1. The summed E-state index contributed by atoms with van der Waals surface area (Å²) in [7, 11) is -1.20. The van der Waals surface area contributed by atoms with Gasteiger partial charge in [-0.2, -0.15) is 0 Å². The van der Waals surface area contributed by atoms with Crippen molar-refractivity contribution in [1.82, 2.24) is 19.6 Å². The first kappa shape index (κ1) is 18.4. The lowest BCUT2D eigenvalue weighted by Crippen LogP contribution is -2.36. The molecule has 1 aliphatic heterocycles. The molecule has 4 aromatic rings. The van der Waals surface area contributed by atoms with E-state index in [0.29, 0.717) is 10.1 Å². The number of hydrogen-bond acceptors (Lipinski definition) is 7. The highest BCUT2D eigenvalue weighted by Gasteiger charge is 2.16. The Morgan fingerprint density at radius 3 is 2.55 bits per heavy atom. The average molecular weight is 426 g/mol. The van der Waals surface area contributed by atoms with Crippen LogP contribution in [0.15, 0.2) is 59.3 Å². The van der Waals surface area contributed by atoms with E-state index < -0.39 is 10.8 Å². The molecule has 0 saturated carbocycles. The zero-order valence-corrected chi connectivity index (χ0v) is 17.2. The molecule has 1 saturated heterocycles. The molecule has 1 unspecified atom stereocenters. The van der Waals surface area contributed by atoms with Gasteiger partial charge in [0.25, 0.3) is 0 Å². The fourth-order valence-electron chi connectivity index (χ4n) is 3.27. The SMILES string of the molecule is O=S(Cc1ccncc1)c1nn2cc(-c3ccc(N4CCOCC4)cc3)nc2s1. The topological polar surface area (TPSA) is 72.6 Å². The second-order valence-electron chi connectivity index (χ2n) is 6.71. The monoisotopic (exact) mass is 425 g/mol. The summed E-state index contributed by atoms with van der Waals surface area (Å²) in [4.78, 5) is 11.7. The molecule has 3 aromatic heterocycles. The Bertz CT molecular complexity index is 1100. The number of hydrogen-bond donors (Lipinski definition) is 0. The molecule has 7 nitrogen and oxygen atoms in total. The molecule has 0 radical (unpaired) electrons. The van der Waals surface area contributed by atoms with E-state index in [1.807, 2.05) is 18.3 Å². The minimum absolute atomic E-state index is 0.426. The van der Waals surface area contributed by atoms with Crippen LogP contribution in [0, 0.1) is 0 Å². The molecule has 9 heteroatoms. The fraction of sp³-hybridized carbons (Fsp3) is 0.250. The van der Waals surface area contributed by atoms with Crippen LogP contribution >= 0.6 is 11.3 Å². The van der Waals surface area contributed by atoms with E-state index in [0.717, 1.165) is 48.1 Å². The summed E-state index contributed by atoms with van der Waals surface area (Å²) >= 11 is 1.37. The zero-order chi connectivity index (χ0) is 19.6. The Balaban J connectivity index is 1.33. The number of benzene rings is 1. The Morgan fingerprint density at radius 2 is 1.83 bits per heavy atom. The molecule has 0 aliphatic carbocycles. The maximum atomic E-state index is 12.6. The highest BCUT2D eigenvalue weighted by Crippen LogP contribution is 2.26. The van der Waals surface area contributed by atoms with Crippen molar-refractivity contribution in [2.24, 2.45) is 0 Å². The number of morpholine rings is 1. The summed E-state index contributed by atoms with van der Waals surface area (Å²) in [6.07, 6.45) is 5.30. The van der Waals surface area contributed by atoms with Gasteiger partial charge in [0.2, 0.25) is 9.30 Å². The normalized spacial score (nSPS) is 15.7. The Morgan fingerprint density at radius 1 is 1.07 bits per heavy atom. The predicted molar refractivity (Wildman–Crippen MR) is 114 cm³/mol. The second-order valence-corrected chi connectivity index (χ2v) is 9.29. The highest BCUT2D eigenvalue weighted by molar-refractivity contribution is 7.86. The van der Waals surface area contributed by atoms with Crippen LogP contribution in [0.3, 0.4) is 0 Å². The number of pyridine rings is 1. The van der Waals surface area contributed by atoms with E-state index in [-0.39, 0.29) is 0 Å². The van der Waals surface area contributed by atoms with E-state index in [9.17, 15) is 4.21 Å². The molecule has 29 heavy (non-hydrogen) atoms. The number of rotatable bonds is 5. The van der Waals surface area contributed by atoms with E-state index >= 15 is 0 Å².